The number of nitrogens with one attached hydrogen (secondary N) is 1. The standard InChI is InChI=1S/C12H20BrN3O/c1-4-6-9(13)8-14-12(17)11-7-10(5-2)15-16(11)3/h7,9H,4-6,8H2,1-3H3,(H,14,17). The molecule has 1 rings (SSSR count). The highest BCUT2D eigenvalue weighted by Gasteiger charge is 2.13. The fraction of sp³-hybridized carbons (Fsp3) is 0.667. The number of halogens is 1. The zero-order valence-electron chi connectivity index (χ0n) is 10.7. The SMILES string of the molecule is CCCC(Br)CNC(=O)c1cc(CC)nn1C. The first kappa shape index (κ1) is 14.2. The Labute approximate surface area is 111 Å². The van der Waals surface area contributed by atoms with Crippen molar-refractivity contribution >= 4 is 21.8 Å². The molecule has 0 fully saturated rings. The van der Waals surface area contributed by atoms with Crippen molar-refractivity contribution in [2.24, 2.45) is 7.05 Å². The van der Waals surface area contributed by atoms with Gasteiger partial charge in [-0.05, 0) is 18.9 Å². The summed E-state index contributed by atoms with van der Waals surface area (Å²) in [6.07, 6.45) is 3.02. The number of rotatable bonds is 6. The number of amides is 1. The van der Waals surface area contributed by atoms with Gasteiger partial charge in [-0.3, -0.25) is 9.48 Å². The van der Waals surface area contributed by atoms with Crippen LogP contribution in [-0.2, 0) is 13.5 Å². The largest absolute Gasteiger partial charge is 0.350 e. The monoisotopic (exact) mass is 301 g/mol. The summed E-state index contributed by atoms with van der Waals surface area (Å²) in [4.78, 5) is 12.3. The average Bonchev–Trinajstić information content (AvgIpc) is 2.68. The molecule has 17 heavy (non-hydrogen) atoms. The lowest BCUT2D eigenvalue weighted by atomic mass is 10.2. The summed E-state index contributed by atoms with van der Waals surface area (Å²) >= 11 is 3.54. The molecular formula is C12H20BrN3O. The van der Waals surface area contributed by atoms with E-state index in [2.05, 4.69) is 33.3 Å². The molecule has 1 unspecified atom stereocenters. The Bertz CT molecular complexity index is 376. The molecular weight excluding hydrogens is 282 g/mol. The fourth-order valence-corrected chi connectivity index (χ4v) is 2.24. The average molecular weight is 302 g/mol. The molecule has 0 saturated carbocycles. The maximum atomic E-state index is 11.9. The van der Waals surface area contributed by atoms with Crippen molar-refractivity contribution in [3.63, 3.8) is 0 Å². The van der Waals surface area contributed by atoms with E-state index in [4.69, 9.17) is 0 Å². The zero-order chi connectivity index (χ0) is 12.8. The van der Waals surface area contributed by atoms with Crippen LogP contribution in [0.3, 0.4) is 0 Å². The lowest BCUT2D eigenvalue weighted by Crippen LogP contribution is -2.30. The normalized spacial score (nSPS) is 12.5. The van der Waals surface area contributed by atoms with Gasteiger partial charge in [0.1, 0.15) is 5.69 Å². The molecule has 96 valence electrons. The minimum absolute atomic E-state index is 0.0553. The summed E-state index contributed by atoms with van der Waals surface area (Å²) in [7, 11) is 1.80. The number of nitrogens with zero attached hydrogens (tertiary/aromatic N) is 2. The van der Waals surface area contributed by atoms with Gasteiger partial charge >= 0.3 is 0 Å². The summed E-state index contributed by atoms with van der Waals surface area (Å²) in [6, 6.07) is 1.85. The van der Waals surface area contributed by atoms with Gasteiger partial charge in [0.2, 0.25) is 0 Å². The van der Waals surface area contributed by atoms with Crippen molar-refractivity contribution < 1.29 is 4.79 Å². The third-order valence-corrected chi connectivity index (χ3v) is 3.39. The molecule has 0 radical (unpaired) electrons. The van der Waals surface area contributed by atoms with E-state index in [9.17, 15) is 4.79 Å². The van der Waals surface area contributed by atoms with Gasteiger partial charge in [0.25, 0.3) is 5.91 Å². The number of alkyl halides is 1. The van der Waals surface area contributed by atoms with E-state index in [1.54, 1.807) is 11.7 Å². The number of aromatic nitrogens is 2. The highest BCUT2D eigenvalue weighted by molar-refractivity contribution is 9.09. The van der Waals surface area contributed by atoms with E-state index in [-0.39, 0.29) is 5.91 Å². The van der Waals surface area contributed by atoms with Gasteiger partial charge in [-0.15, -0.1) is 0 Å². The van der Waals surface area contributed by atoms with Crippen LogP contribution in [-0.4, -0.2) is 27.1 Å². The topological polar surface area (TPSA) is 46.9 Å². The molecule has 1 aromatic rings. The van der Waals surface area contributed by atoms with E-state index in [0.717, 1.165) is 25.0 Å². The van der Waals surface area contributed by atoms with Crippen molar-refractivity contribution in [2.75, 3.05) is 6.54 Å². The maximum absolute atomic E-state index is 11.9. The Morgan fingerprint density at radius 2 is 2.29 bits per heavy atom. The quantitative estimate of drug-likeness (QED) is 0.820. The molecule has 5 heteroatoms. The van der Waals surface area contributed by atoms with Gasteiger partial charge in [-0.1, -0.05) is 36.2 Å². The van der Waals surface area contributed by atoms with Crippen LogP contribution in [0.5, 0.6) is 0 Å². The second kappa shape index (κ2) is 6.79. The van der Waals surface area contributed by atoms with E-state index >= 15 is 0 Å². The van der Waals surface area contributed by atoms with Crippen LogP contribution in [0.25, 0.3) is 0 Å². The molecule has 1 aromatic heterocycles. The van der Waals surface area contributed by atoms with Crippen molar-refractivity contribution in [3.8, 4) is 0 Å². The predicted molar refractivity (Wildman–Crippen MR) is 72.5 cm³/mol. The lowest BCUT2D eigenvalue weighted by Gasteiger charge is -2.09. The summed E-state index contributed by atoms with van der Waals surface area (Å²) in [5.74, 6) is -0.0553. The Hall–Kier alpha value is -0.840. The minimum Gasteiger partial charge on any atom is -0.350 e. The first-order valence-electron chi connectivity index (χ1n) is 6.03. The zero-order valence-corrected chi connectivity index (χ0v) is 12.2. The smallest absolute Gasteiger partial charge is 0.269 e. The number of hydrogen-bond donors (Lipinski definition) is 1. The number of carbonyl (C=O) groups is 1. The van der Waals surface area contributed by atoms with Crippen LogP contribution in [0, 0.1) is 0 Å². The second-order valence-corrected chi connectivity index (χ2v) is 5.39. The van der Waals surface area contributed by atoms with Crippen molar-refractivity contribution in [1.29, 1.82) is 0 Å². The summed E-state index contributed by atoms with van der Waals surface area (Å²) < 4.78 is 1.64. The lowest BCUT2D eigenvalue weighted by molar-refractivity contribution is 0.0944. The van der Waals surface area contributed by atoms with E-state index in [1.165, 1.54) is 0 Å². The molecule has 0 aliphatic heterocycles. The van der Waals surface area contributed by atoms with Gasteiger partial charge in [-0.2, -0.15) is 5.10 Å². The molecule has 0 aromatic carbocycles. The van der Waals surface area contributed by atoms with Crippen LogP contribution in [0.4, 0.5) is 0 Å². The Balaban J connectivity index is 2.54. The van der Waals surface area contributed by atoms with Gasteiger partial charge in [-0.25, -0.2) is 0 Å². The van der Waals surface area contributed by atoms with Crippen molar-refractivity contribution in [1.82, 2.24) is 15.1 Å². The van der Waals surface area contributed by atoms with Crippen LogP contribution < -0.4 is 5.32 Å². The number of aryl methyl sites for hydroxylation is 2. The highest BCUT2D eigenvalue weighted by Crippen LogP contribution is 2.07. The van der Waals surface area contributed by atoms with Crippen LogP contribution in [0.1, 0.15) is 42.9 Å². The molecule has 1 N–H and O–H groups in total. The highest BCUT2D eigenvalue weighted by atomic mass is 79.9. The van der Waals surface area contributed by atoms with Crippen molar-refractivity contribution in [3.05, 3.63) is 17.5 Å². The van der Waals surface area contributed by atoms with Crippen LogP contribution >= 0.6 is 15.9 Å². The Kier molecular flexibility index (Phi) is 5.68. The molecule has 0 saturated heterocycles. The molecule has 1 atom stereocenters. The molecule has 1 heterocycles. The Morgan fingerprint density at radius 1 is 1.59 bits per heavy atom. The summed E-state index contributed by atoms with van der Waals surface area (Å²) in [6.45, 7) is 4.81. The second-order valence-electron chi connectivity index (χ2n) is 4.09. The molecule has 4 nitrogen and oxygen atoms in total. The number of hydrogen-bond acceptors (Lipinski definition) is 2. The molecule has 0 aliphatic carbocycles. The van der Waals surface area contributed by atoms with Crippen LogP contribution in [0.15, 0.2) is 6.07 Å². The van der Waals surface area contributed by atoms with E-state index in [1.807, 2.05) is 13.0 Å². The summed E-state index contributed by atoms with van der Waals surface area (Å²) in [5, 5.41) is 7.17. The van der Waals surface area contributed by atoms with Gasteiger partial charge in [0.05, 0.1) is 5.69 Å². The third-order valence-electron chi connectivity index (χ3n) is 2.61. The minimum atomic E-state index is -0.0553. The van der Waals surface area contributed by atoms with Gasteiger partial charge in [0.15, 0.2) is 0 Å². The molecule has 0 aliphatic rings. The first-order chi connectivity index (χ1) is 8.08. The Morgan fingerprint density at radius 3 is 2.82 bits per heavy atom. The maximum Gasteiger partial charge on any atom is 0.269 e. The molecule has 0 bridgehead atoms. The van der Waals surface area contributed by atoms with E-state index in [0.29, 0.717) is 17.1 Å². The van der Waals surface area contributed by atoms with Crippen molar-refractivity contribution in [2.45, 2.75) is 37.9 Å². The first-order valence-corrected chi connectivity index (χ1v) is 6.95. The molecule has 1 amide bonds. The molecule has 0 spiro atoms. The number of carbonyl (C=O) groups excluding carboxylic acids is 1. The van der Waals surface area contributed by atoms with E-state index < -0.39 is 0 Å². The van der Waals surface area contributed by atoms with Crippen LogP contribution in [0.2, 0.25) is 0 Å². The summed E-state index contributed by atoms with van der Waals surface area (Å²) in [5.41, 5.74) is 1.57. The van der Waals surface area contributed by atoms with Gasteiger partial charge in [0, 0.05) is 18.4 Å². The predicted octanol–water partition coefficient (Wildman–Crippen LogP) is 2.28. The van der Waals surface area contributed by atoms with Gasteiger partial charge < -0.3 is 5.32 Å². The fourth-order valence-electron chi connectivity index (χ4n) is 1.62. The third kappa shape index (κ3) is 4.15.